The Morgan fingerprint density at radius 2 is 0.111 bits per heavy atom. The van der Waals surface area contributed by atoms with E-state index in [0.29, 0.717) is 0 Å². The molecule has 0 atom stereocenters. The molecule has 0 saturated heterocycles. The third-order valence-electron chi connectivity index (χ3n) is 0. The quantitative estimate of drug-likeness (QED) is 0.254. The summed E-state index contributed by atoms with van der Waals surface area (Å²) < 4.78 is 0. The Morgan fingerprint density at radius 1 is 0.111 bits per heavy atom. The zero-order valence-corrected chi connectivity index (χ0v) is 26.3. The van der Waals surface area contributed by atoms with Gasteiger partial charge in [0.2, 0.25) is 0 Å². The van der Waals surface area contributed by atoms with E-state index >= 15 is 0 Å². The van der Waals surface area contributed by atoms with Gasteiger partial charge >= 0.3 is 138 Å². The van der Waals surface area contributed by atoms with Crippen molar-refractivity contribution in [2.75, 3.05) is 0 Å². The van der Waals surface area contributed by atoms with Crippen molar-refractivity contribution in [1.29, 1.82) is 0 Å². The predicted molar refractivity (Wildman–Crippen MR) is 34.5 cm³/mol. The van der Waals surface area contributed by atoms with Crippen molar-refractivity contribution in [3.05, 3.63) is 0 Å². The molecular weight excluding hydrogens is 571 g/mol. The van der Waals surface area contributed by atoms with Crippen LogP contribution in [0, 0.1) is 0 Å². The number of halogens is 12. The van der Waals surface area contributed by atoms with Crippen LogP contribution in [0.5, 0.6) is 0 Å². The fourth-order valence-corrected chi connectivity index (χ4v) is 0. The first-order valence-electron chi connectivity index (χ1n) is 0. The van der Waals surface area contributed by atoms with Gasteiger partial charge in [-0.1, -0.05) is 0 Å². The minimum Gasteiger partial charge on any atom is -1.00 e. The molecule has 0 aliphatic carbocycles. The van der Waals surface area contributed by atoms with Gasteiger partial charge in [0.25, 0.3) is 0 Å². The van der Waals surface area contributed by atoms with E-state index in [1.54, 1.807) is 0 Å². The van der Waals surface area contributed by atoms with Crippen molar-refractivity contribution in [3.63, 3.8) is 0 Å². The molecule has 0 aromatic rings. The summed E-state index contributed by atoms with van der Waals surface area (Å²) in [6.07, 6.45) is 0. The maximum atomic E-state index is 0. The molecule has 18 heavy (non-hydrogen) atoms. The van der Waals surface area contributed by atoms with Gasteiger partial charge < -0.3 is 149 Å². The van der Waals surface area contributed by atoms with E-state index in [1.165, 1.54) is 0 Å². The second-order valence-electron chi connectivity index (χ2n) is 0. The van der Waals surface area contributed by atoms with Crippen LogP contribution in [0.15, 0.2) is 0 Å². The molecule has 0 spiro atoms. The van der Waals surface area contributed by atoms with Crippen molar-refractivity contribution in [2.24, 2.45) is 0 Å². The fraction of sp³-hybridized carbons (Fsp3) is 0. The van der Waals surface area contributed by atoms with Crippen molar-refractivity contribution in [2.45, 2.75) is 0 Å². The van der Waals surface area contributed by atoms with Crippen molar-refractivity contribution in [1.82, 2.24) is 0 Å². The average Bonchev–Trinajstić information content (AvgIpc) is 0. The maximum absolute atomic E-state index is 0. The monoisotopic (exact) mass is 564 g/mol. The zero-order valence-electron chi connectivity index (χ0n) is 8.78. The number of rotatable bonds is 0. The van der Waals surface area contributed by atoms with Gasteiger partial charge in [0.1, 0.15) is 0 Å². The Labute approximate surface area is 281 Å². The molecule has 0 unspecified atom stereocenters. The maximum Gasteiger partial charge on any atom is 2.00 e. The van der Waals surface area contributed by atoms with Crippen molar-refractivity contribution < 1.29 is 149 Å². The van der Waals surface area contributed by atoms with Crippen LogP contribution in [0.4, 0.5) is 0 Å². The third-order valence-corrected chi connectivity index (χ3v) is 0. The predicted octanol–water partition coefficient (Wildman–Crippen LogP) is -38.2. The van der Waals surface area contributed by atoms with Crippen molar-refractivity contribution >= 4 is 138 Å². The zero-order chi connectivity index (χ0) is 0. The average molecular weight is 571 g/mol. The molecule has 18 heteroatoms. The molecule has 0 radical (unpaired) electrons. The van der Waals surface area contributed by atoms with Crippen LogP contribution in [0.2, 0.25) is 0 Å². The number of hydrogen-bond acceptors (Lipinski definition) is 0. The minimum absolute atomic E-state index is 0. The molecule has 0 heterocycles. The Kier molecular flexibility index (Phi) is 3110. The molecular formula is Cl12Mg6. The van der Waals surface area contributed by atoms with Crippen LogP contribution in [-0.4, -0.2) is 138 Å². The number of hydrogen-bond donors (Lipinski definition) is 0. The van der Waals surface area contributed by atoms with Gasteiger partial charge in [-0.3, -0.25) is 0 Å². The van der Waals surface area contributed by atoms with E-state index in [4.69, 9.17) is 0 Å². The Bertz CT molecular complexity index is 16.5. The van der Waals surface area contributed by atoms with E-state index < -0.39 is 0 Å². The van der Waals surface area contributed by atoms with Crippen LogP contribution in [0.3, 0.4) is 0 Å². The standard InChI is InChI=1S/12ClH.6Mg/h12*1H;;;;;;/q;;;;;;;;;;;;6*+2/p-12. The molecule has 96 valence electrons. The van der Waals surface area contributed by atoms with Gasteiger partial charge in [0.05, 0.1) is 0 Å². The van der Waals surface area contributed by atoms with Crippen LogP contribution in [0.25, 0.3) is 0 Å². The SMILES string of the molecule is [Cl-].[Cl-].[Cl-].[Cl-].[Cl-].[Cl-].[Cl-].[Cl-].[Cl-].[Cl-].[Cl-].[Cl-].[Mg+2].[Mg+2].[Mg+2].[Mg+2].[Mg+2].[Mg+2]. The van der Waals surface area contributed by atoms with Crippen LogP contribution < -0.4 is 149 Å². The molecule has 0 fully saturated rings. The molecule has 0 aliphatic rings. The Morgan fingerprint density at radius 3 is 0.111 bits per heavy atom. The summed E-state index contributed by atoms with van der Waals surface area (Å²) in [4.78, 5) is 0. The normalized spacial score (nSPS) is 0. The van der Waals surface area contributed by atoms with E-state index in [0.717, 1.165) is 0 Å². The van der Waals surface area contributed by atoms with E-state index in [2.05, 4.69) is 0 Å². The largest absolute Gasteiger partial charge is 2.00 e. The first-order valence-corrected chi connectivity index (χ1v) is 0. The summed E-state index contributed by atoms with van der Waals surface area (Å²) in [6.45, 7) is 0. The molecule has 0 bridgehead atoms. The van der Waals surface area contributed by atoms with E-state index in [-0.39, 0.29) is 287 Å². The molecule has 0 N–H and O–H groups in total. The van der Waals surface area contributed by atoms with Crippen LogP contribution in [0.1, 0.15) is 0 Å². The van der Waals surface area contributed by atoms with Gasteiger partial charge in [-0.05, 0) is 0 Å². The third kappa shape index (κ3) is 197. The summed E-state index contributed by atoms with van der Waals surface area (Å²) in [5.74, 6) is 0. The summed E-state index contributed by atoms with van der Waals surface area (Å²) in [6, 6.07) is 0. The molecule has 0 nitrogen and oxygen atoms in total. The van der Waals surface area contributed by atoms with Gasteiger partial charge in [-0.15, -0.1) is 0 Å². The summed E-state index contributed by atoms with van der Waals surface area (Å²) >= 11 is 0. The summed E-state index contributed by atoms with van der Waals surface area (Å²) in [5.41, 5.74) is 0. The second-order valence-corrected chi connectivity index (χ2v) is 0. The topological polar surface area (TPSA) is 0 Å². The van der Waals surface area contributed by atoms with Crippen LogP contribution in [-0.2, 0) is 0 Å². The fourth-order valence-electron chi connectivity index (χ4n) is 0. The van der Waals surface area contributed by atoms with Crippen molar-refractivity contribution in [3.8, 4) is 0 Å². The van der Waals surface area contributed by atoms with Gasteiger partial charge in [0.15, 0.2) is 0 Å². The minimum atomic E-state index is 0. The summed E-state index contributed by atoms with van der Waals surface area (Å²) in [5, 5.41) is 0. The van der Waals surface area contributed by atoms with E-state index in [1.807, 2.05) is 0 Å². The first-order chi connectivity index (χ1) is 0. The van der Waals surface area contributed by atoms with Gasteiger partial charge in [-0.25, -0.2) is 0 Å². The Balaban J connectivity index is 0. The Hall–Kier alpha value is 8.08. The summed E-state index contributed by atoms with van der Waals surface area (Å²) in [7, 11) is 0. The van der Waals surface area contributed by atoms with Gasteiger partial charge in [0, 0.05) is 0 Å². The molecule has 0 aliphatic heterocycles. The first kappa shape index (κ1) is 251. The van der Waals surface area contributed by atoms with E-state index in [9.17, 15) is 0 Å². The second kappa shape index (κ2) is 223. The molecule has 0 aromatic heterocycles. The molecule has 0 amide bonds. The molecule has 0 rings (SSSR count). The van der Waals surface area contributed by atoms with Gasteiger partial charge in [-0.2, -0.15) is 0 Å². The molecule has 0 saturated carbocycles. The van der Waals surface area contributed by atoms with Crippen LogP contribution >= 0.6 is 0 Å². The molecule has 0 aromatic carbocycles. The smallest absolute Gasteiger partial charge is 1.00 e.